The van der Waals surface area contributed by atoms with Crippen molar-refractivity contribution in [3.8, 4) is 0 Å². The summed E-state index contributed by atoms with van der Waals surface area (Å²) in [6, 6.07) is 10.8. The summed E-state index contributed by atoms with van der Waals surface area (Å²) in [6.45, 7) is 15.9. The van der Waals surface area contributed by atoms with Gasteiger partial charge in [0.2, 0.25) is 0 Å². The molecule has 6 nitrogen and oxygen atoms in total. The molecule has 0 aliphatic carbocycles. The zero-order valence-electron chi connectivity index (χ0n) is 17.4. The molecule has 3 N–H and O–H groups in total. The van der Waals surface area contributed by atoms with E-state index in [1.807, 2.05) is 0 Å². The number of nitrogens with one attached hydrogen (secondary N) is 3. The number of hydrogen-bond donors (Lipinski definition) is 3. The van der Waals surface area contributed by atoms with Crippen LogP contribution in [0.1, 0.15) is 39.3 Å². The Labute approximate surface area is 164 Å². The van der Waals surface area contributed by atoms with Crippen molar-refractivity contribution in [2.45, 2.75) is 39.3 Å². The van der Waals surface area contributed by atoms with Gasteiger partial charge >= 0.3 is 0 Å². The standard InChI is InChI=1S/C21H37N5O/c1-5-22-20(23-11-12-26-13-15-27-16-14-26)24-17-21(3,4)25-18(2)19-9-7-6-8-10-19/h6-10,18,25H,5,11-17H2,1-4H3,(H2,22,23,24). The maximum atomic E-state index is 5.40. The maximum Gasteiger partial charge on any atom is 0.191 e. The molecule has 0 spiro atoms. The SMILES string of the molecule is CCNC(=NCC(C)(C)NC(C)c1ccccc1)NCCN1CCOCC1. The van der Waals surface area contributed by atoms with Gasteiger partial charge in [0.25, 0.3) is 0 Å². The Morgan fingerprint density at radius 2 is 1.89 bits per heavy atom. The summed E-state index contributed by atoms with van der Waals surface area (Å²) in [5.74, 6) is 0.882. The smallest absolute Gasteiger partial charge is 0.191 e. The summed E-state index contributed by atoms with van der Waals surface area (Å²) in [5, 5.41) is 10.5. The van der Waals surface area contributed by atoms with Crippen molar-refractivity contribution in [3.63, 3.8) is 0 Å². The average Bonchev–Trinajstić information content (AvgIpc) is 2.67. The van der Waals surface area contributed by atoms with Crippen LogP contribution in [0, 0.1) is 0 Å². The van der Waals surface area contributed by atoms with E-state index in [2.05, 4.69) is 78.9 Å². The molecule has 0 aromatic heterocycles. The number of benzene rings is 1. The summed E-state index contributed by atoms with van der Waals surface area (Å²) < 4.78 is 5.40. The third kappa shape index (κ3) is 8.28. The molecule has 1 aromatic carbocycles. The van der Waals surface area contributed by atoms with Crippen molar-refractivity contribution in [3.05, 3.63) is 35.9 Å². The monoisotopic (exact) mass is 375 g/mol. The van der Waals surface area contributed by atoms with Crippen LogP contribution in [0.5, 0.6) is 0 Å². The van der Waals surface area contributed by atoms with Crippen LogP contribution in [0.4, 0.5) is 0 Å². The van der Waals surface area contributed by atoms with Crippen LogP contribution >= 0.6 is 0 Å². The van der Waals surface area contributed by atoms with Crippen molar-refractivity contribution >= 4 is 5.96 Å². The second-order valence-corrected chi connectivity index (χ2v) is 7.74. The van der Waals surface area contributed by atoms with E-state index < -0.39 is 0 Å². The lowest BCUT2D eigenvalue weighted by Crippen LogP contribution is -2.47. The molecule has 1 aliphatic heterocycles. The first-order chi connectivity index (χ1) is 13.0. The number of ether oxygens (including phenoxy) is 1. The topological polar surface area (TPSA) is 60.9 Å². The van der Waals surface area contributed by atoms with Gasteiger partial charge in [-0.1, -0.05) is 30.3 Å². The van der Waals surface area contributed by atoms with E-state index in [0.29, 0.717) is 6.54 Å². The molecule has 27 heavy (non-hydrogen) atoms. The van der Waals surface area contributed by atoms with Gasteiger partial charge in [-0.25, -0.2) is 0 Å². The quantitative estimate of drug-likeness (QED) is 0.455. The molecule has 0 radical (unpaired) electrons. The fourth-order valence-corrected chi connectivity index (χ4v) is 3.23. The number of hydrogen-bond acceptors (Lipinski definition) is 4. The van der Waals surface area contributed by atoms with Crippen LogP contribution < -0.4 is 16.0 Å². The Hall–Kier alpha value is -1.63. The van der Waals surface area contributed by atoms with Crippen molar-refractivity contribution in [2.24, 2.45) is 4.99 Å². The van der Waals surface area contributed by atoms with E-state index in [9.17, 15) is 0 Å². The lowest BCUT2D eigenvalue weighted by atomic mass is 10.0. The van der Waals surface area contributed by atoms with Gasteiger partial charge in [0, 0.05) is 44.3 Å². The minimum absolute atomic E-state index is 0.0954. The van der Waals surface area contributed by atoms with Crippen molar-refractivity contribution in [1.29, 1.82) is 0 Å². The Morgan fingerprint density at radius 1 is 1.19 bits per heavy atom. The average molecular weight is 376 g/mol. The number of rotatable bonds is 9. The van der Waals surface area contributed by atoms with Gasteiger partial charge < -0.3 is 20.7 Å². The summed E-state index contributed by atoms with van der Waals surface area (Å²) in [7, 11) is 0. The third-order valence-corrected chi connectivity index (χ3v) is 4.71. The lowest BCUT2D eigenvalue weighted by molar-refractivity contribution is 0.0389. The first-order valence-electron chi connectivity index (χ1n) is 10.1. The highest BCUT2D eigenvalue weighted by Gasteiger charge is 2.20. The van der Waals surface area contributed by atoms with E-state index in [1.54, 1.807) is 0 Å². The van der Waals surface area contributed by atoms with Crippen LogP contribution in [-0.2, 0) is 4.74 Å². The zero-order chi connectivity index (χ0) is 19.5. The Morgan fingerprint density at radius 3 is 2.56 bits per heavy atom. The largest absolute Gasteiger partial charge is 0.379 e. The summed E-state index contributed by atoms with van der Waals surface area (Å²) >= 11 is 0. The normalized spacial score (nSPS) is 17.6. The second kappa shape index (κ2) is 11.3. The molecule has 152 valence electrons. The Kier molecular flexibility index (Phi) is 9.04. The van der Waals surface area contributed by atoms with Gasteiger partial charge in [-0.05, 0) is 33.3 Å². The first kappa shape index (κ1) is 21.7. The molecule has 0 amide bonds. The first-order valence-corrected chi connectivity index (χ1v) is 10.1. The van der Waals surface area contributed by atoms with Gasteiger partial charge in [0.15, 0.2) is 5.96 Å². The molecule has 1 saturated heterocycles. The predicted molar refractivity (Wildman–Crippen MR) is 113 cm³/mol. The van der Waals surface area contributed by atoms with Crippen molar-refractivity contribution < 1.29 is 4.74 Å². The van der Waals surface area contributed by atoms with E-state index in [-0.39, 0.29) is 11.6 Å². The molecule has 1 aromatic rings. The van der Waals surface area contributed by atoms with Gasteiger partial charge in [0.1, 0.15) is 0 Å². The van der Waals surface area contributed by atoms with E-state index in [0.717, 1.165) is 51.9 Å². The third-order valence-electron chi connectivity index (χ3n) is 4.71. The van der Waals surface area contributed by atoms with Crippen LogP contribution in [0.3, 0.4) is 0 Å². The van der Waals surface area contributed by atoms with Crippen molar-refractivity contribution in [1.82, 2.24) is 20.9 Å². The molecule has 1 fully saturated rings. The molecular weight excluding hydrogens is 338 g/mol. The summed E-state index contributed by atoms with van der Waals surface area (Å²) in [6.07, 6.45) is 0. The minimum atomic E-state index is -0.0954. The zero-order valence-corrected chi connectivity index (χ0v) is 17.4. The Bertz CT molecular complexity index is 555. The van der Waals surface area contributed by atoms with Gasteiger partial charge in [-0.15, -0.1) is 0 Å². The van der Waals surface area contributed by atoms with E-state index in [4.69, 9.17) is 9.73 Å². The van der Waals surface area contributed by atoms with E-state index >= 15 is 0 Å². The summed E-state index contributed by atoms with van der Waals surface area (Å²) in [5.41, 5.74) is 1.20. The number of nitrogens with zero attached hydrogens (tertiary/aromatic N) is 2. The van der Waals surface area contributed by atoms with Gasteiger partial charge in [-0.2, -0.15) is 0 Å². The molecule has 0 saturated carbocycles. The number of guanidine groups is 1. The minimum Gasteiger partial charge on any atom is -0.379 e. The molecule has 6 heteroatoms. The van der Waals surface area contributed by atoms with E-state index in [1.165, 1.54) is 5.56 Å². The van der Waals surface area contributed by atoms with Crippen LogP contribution in [-0.4, -0.2) is 68.9 Å². The molecule has 0 bridgehead atoms. The molecule has 2 rings (SSSR count). The maximum absolute atomic E-state index is 5.40. The fourth-order valence-electron chi connectivity index (χ4n) is 3.23. The van der Waals surface area contributed by atoms with Crippen molar-refractivity contribution in [2.75, 3.05) is 52.5 Å². The highest BCUT2D eigenvalue weighted by atomic mass is 16.5. The fraction of sp³-hybridized carbons (Fsp3) is 0.667. The van der Waals surface area contributed by atoms with Gasteiger partial charge in [-0.3, -0.25) is 9.89 Å². The number of morpholine rings is 1. The van der Waals surface area contributed by atoms with Crippen LogP contribution in [0.2, 0.25) is 0 Å². The second-order valence-electron chi connectivity index (χ2n) is 7.74. The molecule has 1 heterocycles. The predicted octanol–water partition coefficient (Wildman–Crippen LogP) is 2.00. The number of aliphatic imine (C=N–C) groups is 1. The molecule has 1 atom stereocenters. The molecular formula is C21H37N5O. The molecule has 1 aliphatic rings. The van der Waals surface area contributed by atoms with Gasteiger partial charge in [0.05, 0.1) is 19.8 Å². The van der Waals surface area contributed by atoms with Crippen LogP contribution in [0.25, 0.3) is 0 Å². The lowest BCUT2D eigenvalue weighted by Gasteiger charge is -2.30. The highest BCUT2D eigenvalue weighted by molar-refractivity contribution is 5.79. The highest BCUT2D eigenvalue weighted by Crippen LogP contribution is 2.16. The molecule has 1 unspecified atom stereocenters. The van der Waals surface area contributed by atoms with Crippen LogP contribution in [0.15, 0.2) is 35.3 Å². The summed E-state index contributed by atoms with van der Waals surface area (Å²) in [4.78, 5) is 7.23. The Balaban J connectivity index is 1.82.